The largest absolute Gasteiger partial charge is 0.394 e. The number of nitrogens with zero attached hydrogens (tertiary/aromatic N) is 2. The highest BCUT2D eigenvalue weighted by Gasteiger charge is 2.35. The zero-order chi connectivity index (χ0) is 11.8. The van der Waals surface area contributed by atoms with Crippen molar-refractivity contribution in [2.45, 2.75) is 24.7 Å². The van der Waals surface area contributed by atoms with Crippen LogP contribution in [0.1, 0.15) is 18.3 Å². The van der Waals surface area contributed by atoms with Gasteiger partial charge in [-0.2, -0.15) is 0 Å². The highest BCUT2D eigenvalue weighted by molar-refractivity contribution is 5.73. The number of fused-ring (bicyclic) bond motifs is 1. The van der Waals surface area contributed by atoms with Crippen molar-refractivity contribution in [3.63, 3.8) is 0 Å². The lowest BCUT2D eigenvalue weighted by molar-refractivity contribution is -0.0246. The number of aliphatic hydroxyl groups is 2. The van der Waals surface area contributed by atoms with Crippen molar-refractivity contribution >= 4 is 11.0 Å². The van der Waals surface area contributed by atoms with E-state index in [0.29, 0.717) is 12.2 Å². The molecular weight excluding hydrogens is 222 g/mol. The molecular formula is C11H13N3O3. The predicted molar refractivity (Wildman–Crippen MR) is 59.2 cm³/mol. The molecule has 6 heteroatoms. The molecule has 2 aromatic rings. The molecule has 0 bridgehead atoms. The third kappa shape index (κ3) is 1.80. The Hall–Kier alpha value is -1.50. The summed E-state index contributed by atoms with van der Waals surface area (Å²) in [5.74, 6) is 0.537. The second-order valence-corrected chi connectivity index (χ2v) is 4.16. The molecule has 0 spiro atoms. The van der Waals surface area contributed by atoms with Crippen LogP contribution in [0, 0.1) is 0 Å². The zero-order valence-corrected chi connectivity index (χ0v) is 9.08. The van der Waals surface area contributed by atoms with Gasteiger partial charge >= 0.3 is 0 Å². The summed E-state index contributed by atoms with van der Waals surface area (Å²) in [4.78, 5) is 11.6. The van der Waals surface area contributed by atoms with E-state index < -0.39 is 12.2 Å². The van der Waals surface area contributed by atoms with Gasteiger partial charge < -0.3 is 19.9 Å². The monoisotopic (exact) mass is 235 g/mol. The second-order valence-electron chi connectivity index (χ2n) is 4.16. The molecule has 1 fully saturated rings. The number of nitrogens with one attached hydrogen (secondary N) is 1. The van der Waals surface area contributed by atoms with Crippen LogP contribution < -0.4 is 0 Å². The fraction of sp³-hybridized carbons (Fsp3) is 0.455. The van der Waals surface area contributed by atoms with E-state index in [1.54, 1.807) is 12.4 Å². The molecule has 1 saturated heterocycles. The fourth-order valence-electron chi connectivity index (χ4n) is 2.07. The van der Waals surface area contributed by atoms with Crippen LogP contribution in [0.5, 0.6) is 0 Å². The van der Waals surface area contributed by atoms with Gasteiger partial charge in [0.2, 0.25) is 0 Å². The van der Waals surface area contributed by atoms with Crippen LogP contribution in [-0.4, -0.2) is 44.0 Å². The number of H-pyrrole nitrogens is 1. The Morgan fingerprint density at radius 2 is 2.41 bits per heavy atom. The molecule has 17 heavy (non-hydrogen) atoms. The summed E-state index contributed by atoms with van der Waals surface area (Å²) in [7, 11) is 0. The van der Waals surface area contributed by atoms with Gasteiger partial charge in [-0.15, -0.1) is 0 Å². The average molecular weight is 235 g/mol. The van der Waals surface area contributed by atoms with E-state index in [-0.39, 0.29) is 12.7 Å². The molecule has 1 aliphatic rings. The van der Waals surface area contributed by atoms with Gasteiger partial charge in [-0.3, -0.25) is 0 Å². The van der Waals surface area contributed by atoms with E-state index in [1.165, 1.54) is 0 Å². The first-order valence-corrected chi connectivity index (χ1v) is 5.52. The van der Waals surface area contributed by atoms with E-state index in [1.807, 2.05) is 6.07 Å². The Labute approximate surface area is 97.3 Å². The Balaban J connectivity index is 1.89. The van der Waals surface area contributed by atoms with Crippen molar-refractivity contribution in [1.29, 1.82) is 0 Å². The number of hydrogen-bond donors (Lipinski definition) is 3. The predicted octanol–water partition coefficient (Wildman–Crippen LogP) is 0.141. The van der Waals surface area contributed by atoms with Gasteiger partial charge in [0.1, 0.15) is 17.9 Å². The van der Waals surface area contributed by atoms with E-state index >= 15 is 0 Å². The first kappa shape index (κ1) is 10.6. The van der Waals surface area contributed by atoms with Gasteiger partial charge in [0.25, 0.3) is 0 Å². The minimum Gasteiger partial charge on any atom is -0.394 e. The third-order valence-corrected chi connectivity index (χ3v) is 3.01. The third-order valence-electron chi connectivity index (χ3n) is 3.01. The molecule has 3 atom stereocenters. The number of aliphatic hydroxyl groups excluding tert-OH is 2. The van der Waals surface area contributed by atoms with Gasteiger partial charge in [-0.1, -0.05) is 0 Å². The lowest BCUT2D eigenvalue weighted by Crippen LogP contribution is -2.24. The molecule has 6 nitrogen and oxygen atoms in total. The smallest absolute Gasteiger partial charge is 0.159 e. The quantitative estimate of drug-likeness (QED) is 0.688. The van der Waals surface area contributed by atoms with E-state index in [0.717, 1.165) is 11.0 Å². The summed E-state index contributed by atoms with van der Waals surface area (Å²) < 4.78 is 5.50. The Bertz CT molecular complexity index is 527. The van der Waals surface area contributed by atoms with Crippen LogP contribution in [0.15, 0.2) is 18.5 Å². The van der Waals surface area contributed by atoms with Crippen molar-refractivity contribution < 1.29 is 14.9 Å². The number of aromatic amines is 1. The molecule has 0 amide bonds. The van der Waals surface area contributed by atoms with E-state index in [9.17, 15) is 5.11 Å². The van der Waals surface area contributed by atoms with Gasteiger partial charge in [0.15, 0.2) is 5.82 Å². The van der Waals surface area contributed by atoms with Crippen molar-refractivity contribution in [3.05, 3.63) is 24.3 Å². The molecule has 90 valence electrons. The topological polar surface area (TPSA) is 91.3 Å². The second kappa shape index (κ2) is 4.06. The lowest BCUT2D eigenvalue weighted by Gasteiger charge is -2.10. The summed E-state index contributed by atoms with van der Waals surface area (Å²) in [5, 5.41) is 19.6. The maximum atomic E-state index is 9.65. The fourth-order valence-corrected chi connectivity index (χ4v) is 2.07. The molecule has 3 heterocycles. The first-order valence-electron chi connectivity index (χ1n) is 5.52. The van der Waals surface area contributed by atoms with E-state index in [2.05, 4.69) is 15.0 Å². The first-order chi connectivity index (χ1) is 8.28. The molecule has 0 radical (unpaired) electrons. The number of rotatable bonds is 2. The van der Waals surface area contributed by atoms with Crippen LogP contribution in [0.4, 0.5) is 0 Å². The Kier molecular flexibility index (Phi) is 2.54. The summed E-state index contributed by atoms with van der Waals surface area (Å²) in [6, 6.07) is 1.89. The Morgan fingerprint density at radius 3 is 3.18 bits per heavy atom. The van der Waals surface area contributed by atoms with Crippen LogP contribution in [0.2, 0.25) is 0 Å². The maximum absolute atomic E-state index is 9.65. The standard InChI is InChI=1S/C11H13N3O3/c15-5-9-7(16)3-8(17-9)11-13-4-6-1-2-12-10(6)14-11/h1-2,4,7-9,15-16H,3,5H2,(H,12,13,14)/t7-,8+,9+/m0/s1. The minimum atomic E-state index is -0.659. The maximum Gasteiger partial charge on any atom is 0.159 e. The SMILES string of the molecule is OC[C@H]1O[C@@H](c2ncc3cc[nH]c3n2)C[C@@H]1O. The van der Waals surface area contributed by atoms with E-state index in [4.69, 9.17) is 9.84 Å². The van der Waals surface area contributed by atoms with Crippen LogP contribution in [0.3, 0.4) is 0 Å². The molecule has 0 aliphatic carbocycles. The highest BCUT2D eigenvalue weighted by atomic mass is 16.5. The van der Waals surface area contributed by atoms with Crippen molar-refractivity contribution in [2.24, 2.45) is 0 Å². The van der Waals surface area contributed by atoms with Crippen molar-refractivity contribution in [1.82, 2.24) is 15.0 Å². The van der Waals surface area contributed by atoms with Gasteiger partial charge in [-0.25, -0.2) is 9.97 Å². The van der Waals surface area contributed by atoms with Gasteiger partial charge in [0.05, 0.1) is 12.7 Å². The molecule has 0 saturated carbocycles. The van der Waals surface area contributed by atoms with Crippen LogP contribution in [-0.2, 0) is 4.74 Å². The molecule has 2 aromatic heterocycles. The molecule has 3 rings (SSSR count). The Morgan fingerprint density at radius 1 is 1.53 bits per heavy atom. The summed E-state index contributed by atoms with van der Waals surface area (Å²) in [6.07, 6.45) is 2.38. The number of ether oxygens (including phenoxy) is 1. The lowest BCUT2D eigenvalue weighted by atomic mass is 10.1. The minimum absolute atomic E-state index is 0.192. The van der Waals surface area contributed by atoms with Crippen LogP contribution >= 0.6 is 0 Å². The summed E-state index contributed by atoms with van der Waals surface area (Å²) in [5.41, 5.74) is 0.750. The average Bonchev–Trinajstić information content (AvgIpc) is 2.93. The van der Waals surface area contributed by atoms with Crippen LogP contribution in [0.25, 0.3) is 11.0 Å². The molecule has 3 N–H and O–H groups in total. The van der Waals surface area contributed by atoms with Crippen molar-refractivity contribution in [2.75, 3.05) is 6.61 Å². The van der Waals surface area contributed by atoms with Gasteiger partial charge in [0, 0.05) is 24.2 Å². The molecule has 0 unspecified atom stereocenters. The van der Waals surface area contributed by atoms with Crippen molar-refractivity contribution in [3.8, 4) is 0 Å². The molecule has 1 aliphatic heterocycles. The highest BCUT2D eigenvalue weighted by Crippen LogP contribution is 2.31. The summed E-state index contributed by atoms with van der Waals surface area (Å²) in [6.45, 7) is -0.192. The zero-order valence-electron chi connectivity index (χ0n) is 9.08. The summed E-state index contributed by atoms with van der Waals surface area (Å²) >= 11 is 0. The normalized spacial score (nSPS) is 28.9. The number of aromatic nitrogens is 3. The molecule has 0 aromatic carbocycles. The van der Waals surface area contributed by atoms with Gasteiger partial charge in [-0.05, 0) is 6.07 Å². The number of hydrogen-bond acceptors (Lipinski definition) is 5.